The molecule has 0 aromatic rings. The number of ether oxygens (including phenoxy) is 2. The molecule has 0 aliphatic rings. The van der Waals surface area contributed by atoms with Crippen molar-refractivity contribution in [2.75, 3.05) is 39.6 Å². The molecule has 0 heterocycles. The zero-order chi connectivity index (χ0) is 11.9. The highest BCUT2D eigenvalue weighted by molar-refractivity contribution is 4.99. The third-order valence-electron chi connectivity index (χ3n) is 1.87. The standard InChI is InChI=1S/C12H22O4/c13-7-1-3-9-15-11-5-6-12-16-10-4-2-8-14/h13-14H,1-4,7-12H2. The molecule has 0 amide bonds. The summed E-state index contributed by atoms with van der Waals surface area (Å²) >= 11 is 0. The SMILES string of the molecule is OCCCCOCC#CCOCCCCO. The summed E-state index contributed by atoms with van der Waals surface area (Å²) in [5, 5.41) is 17.0. The van der Waals surface area contributed by atoms with Crippen LogP contribution in [0.4, 0.5) is 0 Å². The number of aliphatic hydroxyl groups is 2. The lowest BCUT2D eigenvalue weighted by Crippen LogP contribution is -1.98. The van der Waals surface area contributed by atoms with Gasteiger partial charge in [0, 0.05) is 26.4 Å². The van der Waals surface area contributed by atoms with Crippen molar-refractivity contribution in [3.05, 3.63) is 0 Å². The van der Waals surface area contributed by atoms with Gasteiger partial charge in [0.2, 0.25) is 0 Å². The Balaban J connectivity index is 3.04. The summed E-state index contributed by atoms with van der Waals surface area (Å²) in [5.74, 6) is 5.69. The molecule has 0 radical (unpaired) electrons. The normalized spacial score (nSPS) is 9.88. The van der Waals surface area contributed by atoms with E-state index in [2.05, 4.69) is 11.8 Å². The fourth-order valence-electron chi connectivity index (χ4n) is 0.980. The lowest BCUT2D eigenvalue weighted by atomic mass is 10.3. The van der Waals surface area contributed by atoms with Crippen molar-refractivity contribution < 1.29 is 19.7 Å². The molecular formula is C12H22O4. The Morgan fingerprint density at radius 2 is 1.12 bits per heavy atom. The van der Waals surface area contributed by atoms with E-state index in [9.17, 15) is 0 Å². The first-order valence-electron chi connectivity index (χ1n) is 5.74. The van der Waals surface area contributed by atoms with E-state index in [1.807, 2.05) is 0 Å². The monoisotopic (exact) mass is 230 g/mol. The third kappa shape index (κ3) is 13.4. The van der Waals surface area contributed by atoms with E-state index in [-0.39, 0.29) is 13.2 Å². The molecule has 0 atom stereocenters. The van der Waals surface area contributed by atoms with E-state index in [1.54, 1.807) is 0 Å². The Morgan fingerprint density at radius 3 is 1.50 bits per heavy atom. The maximum Gasteiger partial charge on any atom is 0.107 e. The third-order valence-corrected chi connectivity index (χ3v) is 1.87. The van der Waals surface area contributed by atoms with Crippen LogP contribution in [0.15, 0.2) is 0 Å². The topological polar surface area (TPSA) is 58.9 Å². The van der Waals surface area contributed by atoms with Gasteiger partial charge < -0.3 is 19.7 Å². The Labute approximate surface area is 97.6 Å². The molecular weight excluding hydrogens is 208 g/mol. The van der Waals surface area contributed by atoms with Crippen LogP contribution in [-0.2, 0) is 9.47 Å². The van der Waals surface area contributed by atoms with Crippen molar-refractivity contribution in [2.24, 2.45) is 0 Å². The minimum Gasteiger partial charge on any atom is -0.396 e. The van der Waals surface area contributed by atoms with Gasteiger partial charge >= 0.3 is 0 Å². The van der Waals surface area contributed by atoms with Crippen LogP contribution < -0.4 is 0 Å². The van der Waals surface area contributed by atoms with E-state index in [1.165, 1.54) is 0 Å². The van der Waals surface area contributed by atoms with E-state index in [0.717, 1.165) is 25.7 Å². The van der Waals surface area contributed by atoms with Crippen LogP contribution in [0.2, 0.25) is 0 Å². The molecule has 0 rings (SSSR count). The van der Waals surface area contributed by atoms with Crippen LogP contribution >= 0.6 is 0 Å². The van der Waals surface area contributed by atoms with Crippen LogP contribution in [0.3, 0.4) is 0 Å². The summed E-state index contributed by atoms with van der Waals surface area (Å²) in [6.07, 6.45) is 3.30. The fraction of sp³-hybridized carbons (Fsp3) is 0.833. The molecule has 0 aliphatic carbocycles. The minimum atomic E-state index is 0.219. The van der Waals surface area contributed by atoms with E-state index < -0.39 is 0 Å². The molecule has 4 nitrogen and oxygen atoms in total. The lowest BCUT2D eigenvalue weighted by molar-refractivity contribution is 0.150. The van der Waals surface area contributed by atoms with Crippen LogP contribution in [0.5, 0.6) is 0 Å². The van der Waals surface area contributed by atoms with Crippen molar-refractivity contribution in [1.82, 2.24) is 0 Å². The van der Waals surface area contributed by atoms with Gasteiger partial charge in [-0.1, -0.05) is 11.8 Å². The number of hydrogen-bond acceptors (Lipinski definition) is 4. The molecule has 0 saturated carbocycles. The molecule has 0 aromatic heterocycles. The Kier molecular flexibility index (Phi) is 13.9. The second kappa shape index (κ2) is 14.4. The van der Waals surface area contributed by atoms with Gasteiger partial charge in [-0.15, -0.1) is 0 Å². The molecule has 94 valence electrons. The minimum absolute atomic E-state index is 0.219. The predicted molar refractivity (Wildman–Crippen MR) is 62.1 cm³/mol. The van der Waals surface area contributed by atoms with E-state index in [0.29, 0.717) is 26.4 Å². The van der Waals surface area contributed by atoms with Gasteiger partial charge in [0.15, 0.2) is 0 Å². The molecule has 16 heavy (non-hydrogen) atoms. The first-order chi connectivity index (χ1) is 7.91. The average Bonchev–Trinajstić information content (AvgIpc) is 2.31. The molecule has 0 aromatic carbocycles. The van der Waals surface area contributed by atoms with Crippen LogP contribution in [0.25, 0.3) is 0 Å². The molecule has 0 unspecified atom stereocenters. The number of hydrogen-bond donors (Lipinski definition) is 2. The zero-order valence-electron chi connectivity index (χ0n) is 9.78. The second-order valence-corrected chi connectivity index (χ2v) is 3.32. The molecule has 0 aliphatic heterocycles. The van der Waals surface area contributed by atoms with Gasteiger partial charge in [0.05, 0.1) is 0 Å². The van der Waals surface area contributed by atoms with Crippen molar-refractivity contribution in [2.45, 2.75) is 25.7 Å². The summed E-state index contributed by atoms with van der Waals surface area (Å²) < 4.78 is 10.4. The number of rotatable bonds is 10. The maximum absolute atomic E-state index is 8.51. The first kappa shape index (κ1) is 15.4. The molecule has 2 N–H and O–H groups in total. The lowest BCUT2D eigenvalue weighted by Gasteiger charge is -1.98. The summed E-state index contributed by atoms with van der Waals surface area (Å²) in [5.41, 5.74) is 0. The Morgan fingerprint density at radius 1 is 0.688 bits per heavy atom. The van der Waals surface area contributed by atoms with Gasteiger partial charge in [0.25, 0.3) is 0 Å². The molecule has 0 fully saturated rings. The van der Waals surface area contributed by atoms with Gasteiger partial charge in [-0.2, -0.15) is 0 Å². The predicted octanol–water partition coefficient (Wildman–Crippen LogP) is 0.568. The zero-order valence-corrected chi connectivity index (χ0v) is 9.78. The summed E-state index contributed by atoms with van der Waals surface area (Å²) in [4.78, 5) is 0. The van der Waals surface area contributed by atoms with E-state index >= 15 is 0 Å². The summed E-state index contributed by atoms with van der Waals surface area (Å²) in [6, 6.07) is 0. The number of aliphatic hydroxyl groups excluding tert-OH is 2. The van der Waals surface area contributed by atoms with Crippen molar-refractivity contribution in [3.63, 3.8) is 0 Å². The van der Waals surface area contributed by atoms with Crippen molar-refractivity contribution >= 4 is 0 Å². The summed E-state index contributed by atoms with van der Waals surface area (Å²) in [6.45, 7) is 2.57. The Hall–Kier alpha value is -0.600. The summed E-state index contributed by atoms with van der Waals surface area (Å²) in [7, 11) is 0. The van der Waals surface area contributed by atoms with Crippen molar-refractivity contribution in [1.29, 1.82) is 0 Å². The first-order valence-corrected chi connectivity index (χ1v) is 5.74. The highest BCUT2D eigenvalue weighted by Crippen LogP contribution is 1.88. The van der Waals surface area contributed by atoms with Crippen LogP contribution in [0.1, 0.15) is 25.7 Å². The van der Waals surface area contributed by atoms with Gasteiger partial charge in [-0.3, -0.25) is 0 Å². The van der Waals surface area contributed by atoms with Crippen LogP contribution in [-0.4, -0.2) is 49.9 Å². The largest absolute Gasteiger partial charge is 0.396 e. The fourth-order valence-corrected chi connectivity index (χ4v) is 0.980. The van der Waals surface area contributed by atoms with E-state index in [4.69, 9.17) is 19.7 Å². The molecule has 0 saturated heterocycles. The van der Waals surface area contributed by atoms with Gasteiger partial charge in [0.1, 0.15) is 13.2 Å². The van der Waals surface area contributed by atoms with Gasteiger partial charge in [-0.05, 0) is 25.7 Å². The molecule has 4 heteroatoms. The molecule has 0 bridgehead atoms. The quantitative estimate of drug-likeness (QED) is 0.425. The second-order valence-electron chi connectivity index (χ2n) is 3.32. The molecule has 0 spiro atoms. The van der Waals surface area contributed by atoms with Crippen molar-refractivity contribution in [3.8, 4) is 11.8 Å². The smallest absolute Gasteiger partial charge is 0.107 e. The Bertz CT molecular complexity index is 165. The highest BCUT2D eigenvalue weighted by atomic mass is 16.5. The van der Waals surface area contributed by atoms with Crippen LogP contribution in [0, 0.1) is 11.8 Å². The highest BCUT2D eigenvalue weighted by Gasteiger charge is 1.87. The van der Waals surface area contributed by atoms with Gasteiger partial charge in [-0.25, -0.2) is 0 Å². The number of unbranched alkanes of at least 4 members (excludes halogenated alkanes) is 2. The average molecular weight is 230 g/mol. The maximum atomic E-state index is 8.51.